The van der Waals surface area contributed by atoms with Crippen LogP contribution in [0.25, 0.3) is 39.1 Å². The van der Waals surface area contributed by atoms with E-state index in [9.17, 15) is 5.26 Å². The maximum absolute atomic E-state index is 9.62. The molecule has 5 aromatic carbocycles. The molecule has 6 aromatic rings. The standard InChI is InChI=1S/C43H31N3/c1-46-25-24-33(26-36(46)29-44)42-19-11-18-41(45-42)32-21-23-40-38(28-32)37-27-31(30-12-5-2-6-13-30)20-22-39(37)43(40,34-14-7-3-8-15-34)35-16-9-4-10-17-35/h2-24,26-28H,25H2,1H3. The van der Waals surface area contributed by atoms with Gasteiger partial charge in [0, 0.05) is 24.7 Å². The van der Waals surface area contributed by atoms with Gasteiger partial charge in [-0.25, -0.2) is 4.98 Å². The Balaban J connectivity index is 1.35. The molecule has 0 saturated carbocycles. The third kappa shape index (κ3) is 4.38. The Morgan fingerprint density at radius 3 is 1.80 bits per heavy atom. The molecule has 1 aliphatic heterocycles. The van der Waals surface area contributed by atoms with E-state index in [0.717, 1.165) is 22.5 Å². The van der Waals surface area contributed by atoms with Crippen LogP contribution in [0.1, 0.15) is 27.9 Å². The summed E-state index contributed by atoms with van der Waals surface area (Å²) in [5.74, 6) is 0. The zero-order valence-corrected chi connectivity index (χ0v) is 25.6. The molecule has 0 amide bonds. The number of hydrogen-bond donors (Lipinski definition) is 0. The molecular formula is C43H31N3. The van der Waals surface area contributed by atoms with Gasteiger partial charge >= 0.3 is 0 Å². The summed E-state index contributed by atoms with van der Waals surface area (Å²) in [6.07, 6.45) is 4.05. The molecule has 3 heteroatoms. The van der Waals surface area contributed by atoms with Crippen molar-refractivity contribution in [1.82, 2.24) is 9.88 Å². The lowest BCUT2D eigenvalue weighted by atomic mass is 9.67. The largest absolute Gasteiger partial charge is 0.362 e. The summed E-state index contributed by atoms with van der Waals surface area (Å²) in [6, 6.07) is 54.7. The Morgan fingerprint density at radius 2 is 1.17 bits per heavy atom. The molecule has 8 rings (SSSR count). The van der Waals surface area contributed by atoms with Gasteiger partial charge in [0.2, 0.25) is 0 Å². The number of pyridine rings is 1. The molecule has 0 fully saturated rings. The van der Waals surface area contributed by atoms with Crippen LogP contribution in [0, 0.1) is 11.3 Å². The van der Waals surface area contributed by atoms with Gasteiger partial charge in [-0.15, -0.1) is 0 Å². The summed E-state index contributed by atoms with van der Waals surface area (Å²) in [6.45, 7) is 0.682. The first kappa shape index (κ1) is 27.6. The highest BCUT2D eigenvalue weighted by Gasteiger charge is 2.46. The molecule has 46 heavy (non-hydrogen) atoms. The number of nitriles is 1. The maximum Gasteiger partial charge on any atom is 0.117 e. The predicted molar refractivity (Wildman–Crippen MR) is 187 cm³/mol. The maximum atomic E-state index is 9.62. The molecule has 0 N–H and O–H groups in total. The third-order valence-corrected chi connectivity index (χ3v) is 9.40. The van der Waals surface area contributed by atoms with Crippen LogP contribution in [0.3, 0.4) is 0 Å². The number of nitrogens with zero attached hydrogens (tertiary/aromatic N) is 3. The summed E-state index contributed by atoms with van der Waals surface area (Å²) in [7, 11) is 1.93. The zero-order chi connectivity index (χ0) is 31.1. The van der Waals surface area contributed by atoms with E-state index in [0.29, 0.717) is 12.2 Å². The smallest absolute Gasteiger partial charge is 0.117 e. The van der Waals surface area contributed by atoms with Crippen LogP contribution in [-0.2, 0) is 5.41 Å². The van der Waals surface area contributed by atoms with Crippen molar-refractivity contribution in [3.63, 3.8) is 0 Å². The van der Waals surface area contributed by atoms with Gasteiger partial charge in [0.1, 0.15) is 11.8 Å². The van der Waals surface area contributed by atoms with Gasteiger partial charge in [0.05, 0.1) is 16.8 Å². The van der Waals surface area contributed by atoms with E-state index >= 15 is 0 Å². The van der Waals surface area contributed by atoms with E-state index in [4.69, 9.17) is 4.98 Å². The van der Waals surface area contributed by atoms with E-state index in [-0.39, 0.29) is 0 Å². The van der Waals surface area contributed by atoms with Gasteiger partial charge in [-0.1, -0.05) is 127 Å². The number of fused-ring (bicyclic) bond motifs is 3. The van der Waals surface area contributed by atoms with Crippen LogP contribution in [0.4, 0.5) is 0 Å². The van der Waals surface area contributed by atoms with Crippen molar-refractivity contribution < 1.29 is 0 Å². The second-order valence-electron chi connectivity index (χ2n) is 12.0. The van der Waals surface area contributed by atoms with E-state index < -0.39 is 5.41 Å². The molecule has 0 unspecified atom stereocenters. The van der Waals surface area contributed by atoms with Gasteiger partial charge in [-0.05, 0) is 74.8 Å². The van der Waals surface area contributed by atoms with Crippen molar-refractivity contribution in [2.24, 2.45) is 0 Å². The highest BCUT2D eigenvalue weighted by Crippen LogP contribution is 2.57. The summed E-state index contributed by atoms with van der Waals surface area (Å²) >= 11 is 0. The second kappa shape index (κ2) is 11.2. The third-order valence-electron chi connectivity index (χ3n) is 9.40. The van der Waals surface area contributed by atoms with Crippen molar-refractivity contribution in [2.75, 3.05) is 13.6 Å². The van der Waals surface area contributed by atoms with Gasteiger partial charge in [-0.2, -0.15) is 5.26 Å². The highest BCUT2D eigenvalue weighted by atomic mass is 15.1. The first-order chi connectivity index (χ1) is 22.7. The molecule has 0 radical (unpaired) electrons. The molecule has 3 nitrogen and oxygen atoms in total. The fourth-order valence-corrected chi connectivity index (χ4v) is 7.17. The molecule has 1 aromatic heterocycles. The number of rotatable bonds is 5. The number of hydrogen-bond acceptors (Lipinski definition) is 3. The highest BCUT2D eigenvalue weighted by molar-refractivity contribution is 5.91. The number of allylic oxidation sites excluding steroid dienone is 3. The molecule has 0 spiro atoms. The fraction of sp³-hybridized carbons (Fsp3) is 0.0698. The molecular weight excluding hydrogens is 558 g/mol. The van der Waals surface area contributed by atoms with E-state index in [2.05, 4.69) is 152 Å². The fourth-order valence-electron chi connectivity index (χ4n) is 7.17. The Kier molecular flexibility index (Phi) is 6.70. The molecule has 0 bridgehead atoms. The van der Waals surface area contributed by atoms with Crippen LogP contribution in [0.5, 0.6) is 0 Å². The van der Waals surface area contributed by atoms with Crippen LogP contribution < -0.4 is 0 Å². The first-order valence-electron chi connectivity index (χ1n) is 15.6. The lowest BCUT2D eigenvalue weighted by Crippen LogP contribution is -2.28. The van der Waals surface area contributed by atoms with Crippen LogP contribution in [0.2, 0.25) is 0 Å². The van der Waals surface area contributed by atoms with E-state index in [1.54, 1.807) is 0 Å². The Labute approximate surface area is 270 Å². The van der Waals surface area contributed by atoms with Gasteiger partial charge in [-0.3, -0.25) is 0 Å². The quantitative estimate of drug-likeness (QED) is 0.201. The summed E-state index contributed by atoms with van der Waals surface area (Å²) in [5.41, 5.74) is 13.9. The Bertz CT molecular complexity index is 2150. The molecule has 0 atom stereocenters. The van der Waals surface area contributed by atoms with E-state index in [1.807, 2.05) is 24.1 Å². The number of aromatic nitrogens is 1. The van der Waals surface area contributed by atoms with Crippen LogP contribution in [-0.4, -0.2) is 23.5 Å². The summed E-state index contributed by atoms with van der Waals surface area (Å²) in [4.78, 5) is 7.06. The molecule has 218 valence electrons. The topological polar surface area (TPSA) is 39.9 Å². The van der Waals surface area contributed by atoms with Crippen LogP contribution >= 0.6 is 0 Å². The minimum Gasteiger partial charge on any atom is -0.362 e. The first-order valence-corrected chi connectivity index (χ1v) is 15.6. The lowest BCUT2D eigenvalue weighted by molar-refractivity contribution is 0.479. The van der Waals surface area contributed by atoms with Crippen molar-refractivity contribution in [3.05, 3.63) is 191 Å². The lowest BCUT2D eigenvalue weighted by Gasteiger charge is -2.34. The molecule has 2 heterocycles. The van der Waals surface area contributed by atoms with Gasteiger partial charge in [0.15, 0.2) is 0 Å². The van der Waals surface area contributed by atoms with Crippen molar-refractivity contribution in [3.8, 4) is 39.6 Å². The zero-order valence-electron chi connectivity index (χ0n) is 25.6. The van der Waals surface area contributed by atoms with Crippen molar-refractivity contribution in [2.45, 2.75) is 5.41 Å². The van der Waals surface area contributed by atoms with Gasteiger partial charge < -0.3 is 4.90 Å². The monoisotopic (exact) mass is 589 g/mol. The predicted octanol–water partition coefficient (Wildman–Crippen LogP) is 9.51. The van der Waals surface area contributed by atoms with Crippen molar-refractivity contribution >= 4 is 5.57 Å². The minimum absolute atomic E-state index is 0.465. The van der Waals surface area contributed by atoms with Crippen molar-refractivity contribution in [1.29, 1.82) is 5.26 Å². The van der Waals surface area contributed by atoms with Crippen LogP contribution in [0.15, 0.2) is 163 Å². The molecule has 0 saturated heterocycles. The number of benzene rings is 5. The van der Waals surface area contributed by atoms with Gasteiger partial charge in [0.25, 0.3) is 0 Å². The van der Waals surface area contributed by atoms with E-state index in [1.165, 1.54) is 44.5 Å². The molecule has 1 aliphatic carbocycles. The SMILES string of the molecule is CN1CC=C(c2cccc(-c3ccc4c(c3)-c3cc(-c5ccccc5)ccc3C4(c3ccccc3)c3ccccc3)n2)C=C1C#N. The average Bonchev–Trinajstić information content (AvgIpc) is 3.43. The minimum atomic E-state index is -0.465. The second-order valence-corrected chi connectivity index (χ2v) is 12.0. The summed E-state index contributed by atoms with van der Waals surface area (Å²) in [5, 5.41) is 9.62. The Morgan fingerprint density at radius 1 is 0.609 bits per heavy atom. The summed E-state index contributed by atoms with van der Waals surface area (Å²) < 4.78 is 0. The normalized spacial score (nSPS) is 14.5. The average molecular weight is 590 g/mol. The number of likely N-dealkylation sites (N-methyl/N-ethyl adjacent to an activating group) is 1. The Hall–Kier alpha value is -5.98. The molecule has 2 aliphatic rings.